The van der Waals surface area contributed by atoms with Crippen molar-refractivity contribution in [3.63, 3.8) is 0 Å². The summed E-state index contributed by atoms with van der Waals surface area (Å²) in [4.78, 5) is 12.1. The van der Waals surface area contributed by atoms with E-state index in [-0.39, 0.29) is 11.7 Å². The van der Waals surface area contributed by atoms with Crippen LogP contribution in [0.2, 0.25) is 5.02 Å². The van der Waals surface area contributed by atoms with Crippen molar-refractivity contribution in [2.75, 3.05) is 5.75 Å². The lowest BCUT2D eigenvalue weighted by Crippen LogP contribution is -2.41. The minimum atomic E-state index is 0.0185. The lowest BCUT2D eigenvalue weighted by molar-refractivity contribution is -0.119. The summed E-state index contributed by atoms with van der Waals surface area (Å²) in [6, 6.07) is 7.47. The molecule has 1 N–H and O–H groups in total. The summed E-state index contributed by atoms with van der Waals surface area (Å²) in [7, 11) is 0. The molecule has 1 aromatic carbocycles. The van der Waals surface area contributed by atoms with Gasteiger partial charge in [-0.3, -0.25) is 4.79 Å². The number of amides is 1. The third-order valence-electron chi connectivity index (χ3n) is 4.28. The molecule has 7 heteroatoms. The van der Waals surface area contributed by atoms with Gasteiger partial charge in [0.15, 0.2) is 0 Å². The molecule has 1 aliphatic carbocycles. The maximum absolute atomic E-state index is 12.1. The number of thioether (sulfide) groups is 1. The van der Waals surface area contributed by atoms with Crippen molar-refractivity contribution < 1.29 is 9.21 Å². The molecule has 0 bridgehead atoms. The smallest absolute Gasteiger partial charge is 0.277 e. The maximum atomic E-state index is 12.1. The number of hydrogen-bond donors (Lipinski definition) is 1. The minimum Gasteiger partial charge on any atom is -0.411 e. The number of benzene rings is 1. The lowest BCUT2D eigenvalue weighted by Gasteiger charge is -2.29. The second-order valence-corrected chi connectivity index (χ2v) is 7.47. The summed E-state index contributed by atoms with van der Waals surface area (Å²) in [5, 5.41) is 12.2. The van der Waals surface area contributed by atoms with Crippen molar-refractivity contribution in [3.8, 4) is 11.5 Å². The van der Waals surface area contributed by atoms with Crippen LogP contribution in [0.15, 0.2) is 33.9 Å². The fraction of sp³-hybridized carbons (Fsp3) is 0.471. The molecule has 2 aromatic rings. The van der Waals surface area contributed by atoms with Gasteiger partial charge in [-0.05, 0) is 43.0 Å². The van der Waals surface area contributed by atoms with Crippen LogP contribution in [-0.4, -0.2) is 27.9 Å². The monoisotopic (exact) mass is 365 g/mol. The van der Waals surface area contributed by atoms with Gasteiger partial charge in [-0.15, -0.1) is 10.2 Å². The summed E-state index contributed by atoms with van der Waals surface area (Å²) in [6.45, 7) is 2.20. The summed E-state index contributed by atoms with van der Waals surface area (Å²) in [6.07, 6.45) is 4.71. The van der Waals surface area contributed by atoms with Gasteiger partial charge < -0.3 is 9.73 Å². The lowest BCUT2D eigenvalue weighted by atomic mass is 9.86. The molecule has 1 saturated carbocycles. The van der Waals surface area contributed by atoms with Crippen LogP contribution in [0.1, 0.15) is 32.6 Å². The van der Waals surface area contributed by atoms with E-state index in [0.29, 0.717) is 28.1 Å². The predicted octanol–water partition coefficient (Wildman–Crippen LogP) is 4.18. The number of nitrogens with zero attached hydrogens (tertiary/aromatic N) is 2. The first-order valence-electron chi connectivity index (χ1n) is 8.13. The second-order valence-electron chi connectivity index (χ2n) is 6.10. The van der Waals surface area contributed by atoms with Crippen molar-refractivity contribution in [3.05, 3.63) is 29.3 Å². The normalized spacial score (nSPS) is 20.8. The molecule has 1 aliphatic rings. The first-order chi connectivity index (χ1) is 11.6. The average molecular weight is 366 g/mol. The Morgan fingerprint density at radius 1 is 1.29 bits per heavy atom. The molecule has 2 atom stereocenters. The van der Waals surface area contributed by atoms with Crippen molar-refractivity contribution >= 4 is 29.3 Å². The highest BCUT2D eigenvalue weighted by Gasteiger charge is 2.23. The standard InChI is InChI=1S/C17H20ClN3O2S/c1-11-4-2-3-5-14(11)19-15(22)10-24-17-21-20-16(23-17)12-6-8-13(18)9-7-12/h6-9,11,14H,2-5,10H2,1H3,(H,19,22)/t11-,14+/m1/s1. The number of aromatic nitrogens is 2. The number of nitrogens with one attached hydrogen (secondary N) is 1. The summed E-state index contributed by atoms with van der Waals surface area (Å²) < 4.78 is 5.59. The molecule has 5 nitrogen and oxygen atoms in total. The number of hydrogen-bond acceptors (Lipinski definition) is 5. The van der Waals surface area contributed by atoms with Crippen LogP contribution in [-0.2, 0) is 4.79 Å². The molecule has 0 aliphatic heterocycles. The van der Waals surface area contributed by atoms with Gasteiger partial charge in [-0.1, -0.05) is 43.1 Å². The van der Waals surface area contributed by atoms with Crippen molar-refractivity contribution in [1.82, 2.24) is 15.5 Å². The van der Waals surface area contributed by atoms with Crippen molar-refractivity contribution in [2.24, 2.45) is 5.92 Å². The minimum absolute atomic E-state index is 0.0185. The van der Waals surface area contributed by atoms with Crippen molar-refractivity contribution in [2.45, 2.75) is 43.9 Å². The van der Waals surface area contributed by atoms with E-state index in [1.54, 1.807) is 12.1 Å². The Morgan fingerprint density at radius 2 is 2.04 bits per heavy atom. The van der Waals surface area contributed by atoms with Crippen LogP contribution in [0.5, 0.6) is 0 Å². The molecule has 0 saturated heterocycles. The van der Waals surface area contributed by atoms with Gasteiger partial charge in [0.25, 0.3) is 5.22 Å². The molecular weight excluding hydrogens is 346 g/mol. The first kappa shape index (κ1) is 17.3. The van der Waals surface area contributed by atoms with E-state index in [2.05, 4.69) is 22.4 Å². The highest BCUT2D eigenvalue weighted by Crippen LogP contribution is 2.26. The highest BCUT2D eigenvalue weighted by atomic mass is 35.5. The second kappa shape index (κ2) is 8.03. The van der Waals surface area contributed by atoms with E-state index in [1.165, 1.54) is 31.0 Å². The molecule has 24 heavy (non-hydrogen) atoms. The first-order valence-corrected chi connectivity index (χ1v) is 9.50. The van der Waals surface area contributed by atoms with E-state index in [9.17, 15) is 4.79 Å². The molecule has 0 spiro atoms. The Balaban J connectivity index is 1.51. The molecule has 0 unspecified atom stereocenters. The van der Waals surface area contributed by atoms with E-state index >= 15 is 0 Å². The Hall–Kier alpha value is -1.53. The average Bonchev–Trinajstić information content (AvgIpc) is 3.05. The third kappa shape index (κ3) is 4.51. The summed E-state index contributed by atoms with van der Waals surface area (Å²) in [5.41, 5.74) is 0.805. The van der Waals surface area contributed by atoms with Crippen LogP contribution < -0.4 is 5.32 Å². The van der Waals surface area contributed by atoms with Crippen LogP contribution >= 0.6 is 23.4 Å². The maximum Gasteiger partial charge on any atom is 0.277 e. The zero-order valence-corrected chi connectivity index (χ0v) is 15.1. The fourth-order valence-electron chi connectivity index (χ4n) is 2.88. The zero-order valence-electron chi connectivity index (χ0n) is 13.5. The molecule has 1 heterocycles. The van der Waals surface area contributed by atoms with Gasteiger partial charge in [0, 0.05) is 16.6 Å². The number of carbonyl (C=O) groups excluding carboxylic acids is 1. The zero-order chi connectivity index (χ0) is 16.9. The summed E-state index contributed by atoms with van der Waals surface area (Å²) >= 11 is 7.12. The van der Waals surface area contributed by atoms with Crippen molar-refractivity contribution in [1.29, 1.82) is 0 Å². The molecule has 0 radical (unpaired) electrons. The quantitative estimate of drug-likeness (QED) is 0.805. The van der Waals surface area contributed by atoms with E-state index < -0.39 is 0 Å². The highest BCUT2D eigenvalue weighted by molar-refractivity contribution is 7.99. The fourth-order valence-corrected chi connectivity index (χ4v) is 3.58. The molecule has 128 valence electrons. The Labute approximate surface area is 150 Å². The molecule has 1 amide bonds. The number of halogens is 1. The van der Waals surface area contributed by atoms with E-state index in [4.69, 9.17) is 16.0 Å². The van der Waals surface area contributed by atoms with Crippen LogP contribution in [0.3, 0.4) is 0 Å². The van der Waals surface area contributed by atoms with Gasteiger partial charge in [0.05, 0.1) is 5.75 Å². The molecule has 1 fully saturated rings. The summed E-state index contributed by atoms with van der Waals surface area (Å²) in [5.74, 6) is 1.28. The number of rotatable bonds is 5. The van der Waals surface area contributed by atoms with Crippen LogP contribution in [0, 0.1) is 5.92 Å². The molecule has 1 aromatic heterocycles. The van der Waals surface area contributed by atoms with Gasteiger partial charge in [-0.25, -0.2) is 0 Å². The van der Waals surface area contributed by atoms with Crippen LogP contribution in [0.4, 0.5) is 0 Å². The van der Waals surface area contributed by atoms with Gasteiger partial charge in [0.1, 0.15) is 0 Å². The Kier molecular flexibility index (Phi) is 5.79. The topological polar surface area (TPSA) is 68.0 Å². The predicted molar refractivity (Wildman–Crippen MR) is 95.0 cm³/mol. The Bertz CT molecular complexity index is 689. The van der Waals surface area contributed by atoms with Gasteiger partial charge >= 0.3 is 0 Å². The molecule has 3 rings (SSSR count). The van der Waals surface area contributed by atoms with Crippen LogP contribution in [0.25, 0.3) is 11.5 Å². The van der Waals surface area contributed by atoms with E-state index in [0.717, 1.165) is 12.0 Å². The van der Waals surface area contributed by atoms with E-state index in [1.807, 2.05) is 12.1 Å². The third-order valence-corrected chi connectivity index (χ3v) is 5.35. The van der Waals surface area contributed by atoms with Gasteiger partial charge in [0.2, 0.25) is 11.8 Å². The number of carbonyl (C=O) groups is 1. The Morgan fingerprint density at radius 3 is 2.79 bits per heavy atom. The van der Waals surface area contributed by atoms with Gasteiger partial charge in [-0.2, -0.15) is 0 Å². The largest absolute Gasteiger partial charge is 0.411 e. The molecular formula is C17H20ClN3O2S. The SMILES string of the molecule is C[C@@H]1CCCC[C@@H]1NC(=O)CSc1nnc(-c2ccc(Cl)cc2)o1.